The van der Waals surface area contributed by atoms with Crippen LogP contribution in [0.3, 0.4) is 0 Å². The Morgan fingerprint density at radius 2 is 1.81 bits per heavy atom. The van der Waals surface area contributed by atoms with Gasteiger partial charge in [0, 0.05) is 79.7 Å². The minimum atomic E-state index is -2.65. The van der Waals surface area contributed by atoms with E-state index < -0.39 is 12.3 Å². The Bertz CT molecular complexity index is 1440. The standard InChI is InChI=1S/C30H38F2N8O.CH3F/c1-19-4-7-22(14-28(19)40(34)18-27(33)26-16-35-37(3)20(26)2)30(41)36-24-12-23(29(31)32)13-25(15-24)39-10-8-38(9-11-39)17-21-5-6-21;1-2/h4,7,12-16,18,21,29H,5-6,8-11,17,33-34H2,1-3H3,(H,36,41);1H3/b27-18-;. The van der Waals surface area contributed by atoms with Crippen molar-refractivity contribution in [3.05, 3.63) is 76.7 Å². The zero-order valence-electron chi connectivity index (χ0n) is 25.2. The molecule has 2 heterocycles. The highest BCUT2D eigenvalue weighted by Crippen LogP contribution is 2.32. The number of alkyl halides is 3. The van der Waals surface area contributed by atoms with Gasteiger partial charge in [-0.25, -0.2) is 14.6 Å². The molecule has 5 rings (SSSR count). The Balaban J connectivity index is 0.00000207. The summed E-state index contributed by atoms with van der Waals surface area (Å²) in [6.07, 6.45) is 3.21. The van der Waals surface area contributed by atoms with E-state index >= 15 is 0 Å². The van der Waals surface area contributed by atoms with Crippen molar-refractivity contribution >= 4 is 28.7 Å². The van der Waals surface area contributed by atoms with E-state index in [2.05, 4.69) is 20.2 Å². The van der Waals surface area contributed by atoms with Gasteiger partial charge in [-0.05, 0) is 68.5 Å². The number of nitrogens with one attached hydrogen (secondary N) is 1. The summed E-state index contributed by atoms with van der Waals surface area (Å²) >= 11 is 0. The van der Waals surface area contributed by atoms with Crippen LogP contribution in [0.15, 0.2) is 48.8 Å². The second-order valence-corrected chi connectivity index (χ2v) is 11.1. The van der Waals surface area contributed by atoms with Crippen LogP contribution in [0.25, 0.3) is 5.70 Å². The van der Waals surface area contributed by atoms with E-state index in [0.29, 0.717) is 35.5 Å². The van der Waals surface area contributed by atoms with Crippen molar-refractivity contribution in [3.63, 3.8) is 0 Å². The molecule has 5 N–H and O–H groups in total. The van der Waals surface area contributed by atoms with Crippen molar-refractivity contribution in [1.82, 2.24) is 14.7 Å². The topological polar surface area (TPSA) is 109 Å². The number of carbonyl (C=O) groups is 1. The first-order chi connectivity index (χ1) is 20.6. The molecular weight excluding hydrogens is 557 g/mol. The largest absolute Gasteiger partial charge is 0.397 e. The van der Waals surface area contributed by atoms with Gasteiger partial charge in [-0.3, -0.25) is 23.8 Å². The van der Waals surface area contributed by atoms with E-state index in [9.17, 15) is 18.0 Å². The van der Waals surface area contributed by atoms with Gasteiger partial charge >= 0.3 is 0 Å². The molecule has 3 aromatic rings. The number of hydrogen-bond donors (Lipinski definition) is 3. The molecule has 2 aliphatic rings. The lowest BCUT2D eigenvalue weighted by Crippen LogP contribution is -2.47. The van der Waals surface area contributed by atoms with E-state index in [4.69, 9.17) is 11.6 Å². The lowest BCUT2D eigenvalue weighted by molar-refractivity contribution is 0.102. The molecule has 0 atom stereocenters. The Labute approximate surface area is 250 Å². The van der Waals surface area contributed by atoms with Crippen LogP contribution >= 0.6 is 0 Å². The van der Waals surface area contributed by atoms with Gasteiger partial charge in [0.2, 0.25) is 0 Å². The highest BCUT2D eigenvalue weighted by atomic mass is 19.3. The minimum Gasteiger partial charge on any atom is -0.397 e. The third-order valence-electron chi connectivity index (χ3n) is 7.97. The molecule has 1 saturated heterocycles. The van der Waals surface area contributed by atoms with E-state index in [1.807, 2.05) is 20.9 Å². The summed E-state index contributed by atoms with van der Waals surface area (Å²) in [5.41, 5.74) is 11.0. The van der Waals surface area contributed by atoms with Crippen LogP contribution in [0, 0.1) is 19.8 Å². The number of hydrogen-bond acceptors (Lipinski definition) is 7. The predicted octanol–water partition coefficient (Wildman–Crippen LogP) is 4.98. The number of hydrazine groups is 1. The number of halogens is 3. The average molecular weight is 599 g/mol. The van der Waals surface area contributed by atoms with Gasteiger partial charge in [0.25, 0.3) is 12.3 Å². The Hall–Kier alpha value is -4.03. The smallest absolute Gasteiger partial charge is 0.263 e. The van der Waals surface area contributed by atoms with E-state index in [1.54, 1.807) is 41.3 Å². The van der Waals surface area contributed by atoms with Crippen LogP contribution < -0.4 is 26.8 Å². The number of anilines is 3. The molecule has 1 amide bonds. The Morgan fingerprint density at radius 3 is 2.42 bits per heavy atom. The van der Waals surface area contributed by atoms with Crippen LogP contribution in [0.1, 0.15) is 52.0 Å². The third kappa shape index (κ3) is 7.88. The number of piperazine rings is 1. The fraction of sp³-hybridized carbons (Fsp3) is 0.419. The fourth-order valence-corrected chi connectivity index (χ4v) is 5.17. The molecule has 43 heavy (non-hydrogen) atoms. The molecule has 1 aliphatic carbocycles. The molecule has 2 fully saturated rings. The summed E-state index contributed by atoms with van der Waals surface area (Å²) < 4.78 is 38.9. The molecule has 0 radical (unpaired) electrons. The molecule has 232 valence electrons. The van der Waals surface area contributed by atoms with E-state index in [-0.39, 0.29) is 5.56 Å². The van der Waals surface area contributed by atoms with Gasteiger partial charge in [0.15, 0.2) is 0 Å². The number of amides is 1. The van der Waals surface area contributed by atoms with Crippen LogP contribution in [-0.4, -0.2) is 60.5 Å². The molecule has 0 unspecified atom stereocenters. The van der Waals surface area contributed by atoms with Crippen LogP contribution in [0.5, 0.6) is 0 Å². The molecule has 12 heteroatoms. The lowest BCUT2D eigenvalue weighted by atomic mass is 10.1. The van der Waals surface area contributed by atoms with Crippen molar-refractivity contribution < 1.29 is 18.0 Å². The van der Waals surface area contributed by atoms with E-state index in [1.165, 1.54) is 30.0 Å². The quantitative estimate of drug-likeness (QED) is 0.236. The van der Waals surface area contributed by atoms with Crippen molar-refractivity contribution in [3.8, 4) is 0 Å². The van der Waals surface area contributed by atoms with Crippen molar-refractivity contribution in [1.29, 1.82) is 0 Å². The highest BCUT2D eigenvalue weighted by Gasteiger charge is 2.27. The molecule has 1 aliphatic heterocycles. The van der Waals surface area contributed by atoms with Crippen molar-refractivity contribution in [2.75, 3.05) is 55.1 Å². The van der Waals surface area contributed by atoms with Gasteiger partial charge in [-0.1, -0.05) is 6.07 Å². The van der Waals surface area contributed by atoms with Crippen LogP contribution in [0.4, 0.5) is 30.2 Å². The zero-order chi connectivity index (χ0) is 31.3. The first-order valence-electron chi connectivity index (χ1n) is 14.3. The summed E-state index contributed by atoms with van der Waals surface area (Å²) in [4.78, 5) is 17.8. The van der Waals surface area contributed by atoms with Gasteiger partial charge in [-0.2, -0.15) is 5.10 Å². The molecule has 1 saturated carbocycles. The summed E-state index contributed by atoms with van der Waals surface area (Å²) in [5.74, 6) is 6.73. The Kier molecular flexibility index (Phi) is 10.4. The number of aromatic nitrogens is 2. The zero-order valence-corrected chi connectivity index (χ0v) is 25.2. The lowest BCUT2D eigenvalue weighted by Gasteiger charge is -2.36. The Morgan fingerprint density at radius 1 is 1.12 bits per heavy atom. The summed E-state index contributed by atoms with van der Waals surface area (Å²) in [7, 11) is 2.33. The maximum atomic E-state index is 13.8. The maximum absolute atomic E-state index is 13.8. The number of rotatable bonds is 9. The van der Waals surface area contributed by atoms with Gasteiger partial charge in [0.05, 0.1) is 24.8 Å². The first-order valence-corrected chi connectivity index (χ1v) is 14.3. The number of carbonyl (C=O) groups excluding carboxylic acids is 1. The first kappa shape index (κ1) is 31.9. The molecular formula is C31H41F3N8O. The molecule has 0 bridgehead atoms. The number of nitrogens with zero attached hydrogens (tertiary/aromatic N) is 5. The summed E-state index contributed by atoms with van der Waals surface area (Å²) in [6, 6.07) is 9.74. The number of nitrogens with two attached hydrogens (primary N) is 2. The van der Waals surface area contributed by atoms with E-state index in [0.717, 1.165) is 55.5 Å². The van der Waals surface area contributed by atoms with Crippen molar-refractivity contribution in [2.24, 2.45) is 24.5 Å². The average Bonchev–Trinajstić information content (AvgIpc) is 3.75. The SMILES string of the molecule is CF.Cc1ccc(C(=O)Nc2cc(C(F)F)cc(N3CCN(CC4CC4)CC3)c2)cc1N(N)/C=C(\N)c1cnn(C)c1C. The maximum Gasteiger partial charge on any atom is 0.263 e. The fourth-order valence-electron chi connectivity index (χ4n) is 5.17. The second kappa shape index (κ2) is 14.0. The monoisotopic (exact) mass is 598 g/mol. The highest BCUT2D eigenvalue weighted by molar-refractivity contribution is 6.05. The number of aryl methyl sites for hydroxylation is 2. The third-order valence-corrected chi connectivity index (χ3v) is 7.97. The molecule has 9 nitrogen and oxygen atoms in total. The summed E-state index contributed by atoms with van der Waals surface area (Å²) in [5, 5.41) is 8.40. The van der Waals surface area contributed by atoms with Gasteiger partial charge in [-0.15, -0.1) is 0 Å². The second-order valence-electron chi connectivity index (χ2n) is 11.1. The van der Waals surface area contributed by atoms with Crippen LogP contribution in [-0.2, 0) is 7.05 Å². The predicted molar refractivity (Wildman–Crippen MR) is 166 cm³/mol. The van der Waals surface area contributed by atoms with Gasteiger partial charge in [0.1, 0.15) is 0 Å². The van der Waals surface area contributed by atoms with Crippen molar-refractivity contribution in [2.45, 2.75) is 33.1 Å². The molecule has 2 aromatic carbocycles. The number of benzene rings is 2. The molecule has 1 aromatic heterocycles. The normalized spacial score (nSPS) is 15.7. The molecule has 0 spiro atoms. The summed E-state index contributed by atoms with van der Waals surface area (Å²) in [6.45, 7) is 8.22. The minimum absolute atomic E-state index is 0.123. The van der Waals surface area contributed by atoms with Crippen LogP contribution in [0.2, 0.25) is 0 Å². The van der Waals surface area contributed by atoms with Gasteiger partial charge < -0.3 is 16.0 Å².